The summed E-state index contributed by atoms with van der Waals surface area (Å²) in [5.41, 5.74) is 0.687. The highest BCUT2D eigenvalue weighted by Crippen LogP contribution is 2.52. The van der Waals surface area contributed by atoms with E-state index in [0.29, 0.717) is 5.41 Å². The third kappa shape index (κ3) is 2.78. The molecular weight excluding hydrogens is 196 g/mol. The summed E-state index contributed by atoms with van der Waals surface area (Å²) in [5.74, 6) is 0.866. The maximum atomic E-state index is 3.65. The SMILES string of the molecule is CCC1CCN(CC2(C(C)C)CC2)CCN1. The molecule has 1 aliphatic heterocycles. The van der Waals surface area contributed by atoms with Gasteiger partial charge in [0.2, 0.25) is 0 Å². The second-order valence-electron chi connectivity index (χ2n) is 6.14. The van der Waals surface area contributed by atoms with Crippen LogP contribution in [0, 0.1) is 11.3 Å². The highest BCUT2D eigenvalue weighted by molar-refractivity contribution is 4.98. The smallest absolute Gasteiger partial charge is 0.0107 e. The first-order valence-electron chi connectivity index (χ1n) is 7.12. The van der Waals surface area contributed by atoms with Crippen molar-refractivity contribution in [3.8, 4) is 0 Å². The Balaban J connectivity index is 1.82. The number of hydrogen-bond acceptors (Lipinski definition) is 2. The standard InChI is InChI=1S/C14H28N2/c1-4-13-5-9-16(10-8-15-13)11-14(6-7-14)12(2)3/h12-13,15H,4-11H2,1-3H3. The molecule has 2 fully saturated rings. The van der Waals surface area contributed by atoms with Gasteiger partial charge >= 0.3 is 0 Å². The normalized spacial score (nSPS) is 30.4. The Morgan fingerprint density at radius 2 is 2.06 bits per heavy atom. The van der Waals surface area contributed by atoms with Crippen molar-refractivity contribution in [1.29, 1.82) is 0 Å². The Bertz CT molecular complexity index is 221. The molecule has 1 atom stereocenters. The van der Waals surface area contributed by atoms with E-state index < -0.39 is 0 Å². The number of nitrogens with zero attached hydrogens (tertiary/aromatic N) is 1. The monoisotopic (exact) mass is 224 g/mol. The Kier molecular flexibility index (Phi) is 3.91. The van der Waals surface area contributed by atoms with Crippen LogP contribution in [0.25, 0.3) is 0 Å². The number of rotatable bonds is 4. The summed E-state index contributed by atoms with van der Waals surface area (Å²) in [7, 11) is 0. The van der Waals surface area contributed by atoms with E-state index in [-0.39, 0.29) is 0 Å². The molecule has 1 saturated carbocycles. The van der Waals surface area contributed by atoms with Gasteiger partial charge in [0.15, 0.2) is 0 Å². The quantitative estimate of drug-likeness (QED) is 0.789. The molecule has 1 heterocycles. The average molecular weight is 224 g/mol. The molecular formula is C14H28N2. The van der Waals surface area contributed by atoms with Crippen LogP contribution in [-0.4, -0.2) is 37.1 Å². The van der Waals surface area contributed by atoms with Crippen molar-refractivity contribution in [2.45, 2.75) is 52.5 Å². The van der Waals surface area contributed by atoms with Crippen LogP contribution < -0.4 is 5.32 Å². The molecule has 1 saturated heterocycles. The predicted molar refractivity (Wildman–Crippen MR) is 69.6 cm³/mol. The van der Waals surface area contributed by atoms with Gasteiger partial charge in [0.05, 0.1) is 0 Å². The van der Waals surface area contributed by atoms with Gasteiger partial charge in [0.25, 0.3) is 0 Å². The fraction of sp³-hybridized carbons (Fsp3) is 1.00. The molecule has 2 rings (SSSR count). The van der Waals surface area contributed by atoms with E-state index in [1.165, 1.54) is 51.9 Å². The minimum atomic E-state index is 0.687. The minimum absolute atomic E-state index is 0.687. The van der Waals surface area contributed by atoms with Gasteiger partial charge in [-0.15, -0.1) is 0 Å². The zero-order valence-corrected chi connectivity index (χ0v) is 11.3. The van der Waals surface area contributed by atoms with Crippen LogP contribution in [0.5, 0.6) is 0 Å². The first-order valence-corrected chi connectivity index (χ1v) is 7.12. The third-order valence-electron chi connectivity index (χ3n) is 4.80. The summed E-state index contributed by atoms with van der Waals surface area (Å²) in [5, 5.41) is 3.65. The Morgan fingerprint density at radius 1 is 1.31 bits per heavy atom. The fourth-order valence-electron chi connectivity index (χ4n) is 3.01. The number of nitrogens with one attached hydrogen (secondary N) is 1. The van der Waals surface area contributed by atoms with Gasteiger partial charge in [-0.05, 0) is 43.6 Å². The third-order valence-corrected chi connectivity index (χ3v) is 4.80. The van der Waals surface area contributed by atoms with E-state index in [9.17, 15) is 0 Å². The van der Waals surface area contributed by atoms with Gasteiger partial charge in [-0.3, -0.25) is 0 Å². The van der Waals surface area contributed by atoms with E-state index in [1.54, 1.807) is 0 Å². The highest BCUT2D eigenvalue weighted by atomic mass is 15.2. The van der Waals surface area contributed by atoms with Crippen molar-refractivity contribution < 1.29 is 0 Å². The maximum Gasteiger partial charge on any atom is 0.0107 e. The molecule has 0 spiro atoms. The predicted octanol–water partition coefficient (Wildman–Crippen LogP) is 2.50. The molecule has 0 aromatic rings. The van der Waals surface area contributed by atoms with E-state index in [4.69, 9.17) is 0 Å². The van der Waals surface area contributed by atoms with E-state index in [2.05, 4.69) is 31.0 Å². The van der Waals surface area contributed by atoms with Crippen LogP contribution in [0.3, 0.4) is 0 Å². The van der Waals surface area contributed by atoms with Crippen molar-refractivity contribution >= 4 is 0 Å². The first-order chi connectivity index (χ1) is 7.66. The van der Waals surface area contributed by atoms with Crippen LogP contribution in [0.1, 0.15) is 46.5 Å². The number of hydrogen-bond donors (Lipinski definition) is 1. The van der Waals surface area contributed by atoms with Crippen molar-refractivity contribution in [3.63, 3.8) is 0 Å². The maximum absolute atomic E-state index is 3.65. The van der Waals surface area contributed by atoms with Gasteiger partial charge in [-0.1, -0.05) is 20.8 Å². The average Bonchev–Trinajstić information content (AvgIpc) is 3.04. The van der Waals surface area contributed by atoms with Crippen LogP contribution in [0.15, 0.2) is 0 Å². The van der Waals surface area contributed by atoms with Crippen LogP contribution in [-0.2, 0) is 0 Å². The van der Waals surface area contributed by atoms with E-state index >= 15 is 0 Å². The largest absolute Gasteiger partial charge is 0.313 e. The second kappa shape index (κ2) is 5.05. The van der Waals surface area contributed by atoms with Crippen molar-refractivity contribution in [2.24, 2.45) is 11.3 Å². The molecule has 1 N–H and O–H groups in total. The molecule has 2 heteroatoms. The topological polar surface area (TPSA) is 15.3 Å². The first kappa shape index (κ1) is 12.4. The summed E-state index contributed by atoms with van der Waals surface area (Å²) in [6.45, 7) is 12.2. The zero-order chi connectivity index (χ0) is 11.6. The molecule has 1 aliphatic carbocycles. The van der Waals surface area contributed by atoms with E-state index in [1.807, 2.05) is 0 Å². The van der Waals surface area contributed by atoms with Gasteiger partial charge in [0, 0.05) is 25.7 Å². The van der Waals surface area contributed by atoms with Crippen LogP contribution >= 0.6 is 0 Å². The molecule has 0 aromatic heterocycles. The summed E-state index contributed by atoms with van der Waals surface area (Å²) in [6, 6.07) is 0.763. The molecule has 0 radical (unpaired) electrons. The molecule has 1 unspecified atom stereocenters. The molecule has 0 amide bonds. The summed E-state index contributed by atoms with van der Waals surface area (Å²) >= 11 is 0. The molecule has 2 nitrogen and oxygen atoms in total. The molecule has 94 valence electrons. The summed E-state index contributed by atoms with van der Waals surface area (Å²) < 4.78 is 0. The molecule has 2 aliphatic rings. The summed E-state index contributed by atoms with van der Waals surface area (Å²) in [4.78, 5) is 2.70. The molecule has 0 bridgehead atoms. The van der Waals surface area contributed by atoms with Crippen molar-refractivity contribution in [3.05, 3.63) is 0 Å². The van der Waals surface area contributed by atoms with Crippen LogP contribution in [0.4, 0.5) is 0 Å². The molecule has 0 aromatic carbocycles. The van der Waals surface area contributed by atoms with Crippen molar-refractivity contribution in [2.75, 3.05) is 26.2 Å². The van der Waals surface area contributed by atoms with E-state index in [0.717, 1.165) is 12.0 Å². The van der Waals surface area contributed by atoms with Crippen LogP contribution in [0.2, 0.25) is 0 Å². The highest BCUT2D eigenvalue weighted by Gasteiger charge is 2.46. The van der Waals surface area contributed by atoms with Gasteiger partial charge in [0.1, 0.15) is 0 Å². The lowest BCUT2D eigenvalue weighted by Gasteiger charge is -2.28. The lowest BCUT2D eigenvalue weighted by atomic mass is 9.92. The molecule has 16 heavy (non-hydrogen) atoms. The lowest BCUT2D eigenvalue weighted by Crippen LogP contribution is -2.35. The van der Waals surface area contributed by atoms with Gasteiger partial charge in [-0.2, -0.15) is 0 Å². The Hall–Kier alpha value is -0.0800. The summed E-state index contributed by atoms with van der Waals surface area (Å²) in [6.07, 6.45) is 5.55. The second-order valence-corrected chi connectivity index (χ2v) is 6.14. The van der Waals surface area contributed by atoms with Gasteiger partial charge in [-0.25, -0.2) is 0 Å². The Morgan fingerprint density at radius 3 is 2.62 bits per heavy atom. The lowest BCUT2D eigenvalue weighted by molar-refractivity contribution is 0.194. The van der Waals surface area contributed by atoms with Crippen molar-refractivity contribution in [1.82, 2.24) is 10.2 Å². The Labute approximate surface area is 101 Å². The van der Waals surface area contributed by atoms with Gasteiger partial charge < -0.3 is 10.2 Å². The fourth-order valence-corrected chi connectivity index (χ4v) is 3.01. The minimum Gasteiger partial charge on any atom is -0.313 e. The zero-order valence-electron chi connectivity index (χ0n) is 11.3.